The normalized spacial score (nSPS) is 15.0. The summed E-state index contributed by atoms with van der Waals surface area (Å²) in [5.41, 5.74) is 6.17. The zero-order valence-electron chi connectivity index (χ0n) is 9.76. The Labute approximate surface area is 105 Å². The van der Waals surface area contributed by atoms with Gasteiger partial charge in [0.05, 0.1) is 0 Å². The average Bonchev–Trinajstić information content (AvgIpc) is 3.13. The van der Waals surface area contributed by atoms with E-state index < -0.39 is 12.0 Å². The lowest BCUT2D eigenvalue weighted by molar-refractivity contribution is -0.115. The predicted octanol–water partition coefficient (Wildman–Crippen LogP) is 1.55. The van der Waals surface area contributed by atoms with Gasteiger partial charge in [0.1, 0.15) is 5.75 Å². The fourth-order valence-electron chi connectivity index (χ4n) is 1.44. The quantitative estimate of drug-likeness (QED) is 0.793. The van der Waals surface area contributed by atoms with Gasteiger partial charge < -0.3 is 10.5 Å². The minimum atomic E-state index is -0.814. The molecule has 1 aromatic carbocycles. The molecule has 5 nitrogen and oxygen atoms in total. The van der Waals surface area contributed by atoms with E-state index in [1.54, 1.807) is 30.3 Å². The summed E-state index contributed by atoms with van der Waals surface area (Å²) in [6.07, 6.45) is 2.43. The molecule has 0 saturated heterocycles. The van der Waals surface area contributed by atoms with Crippen molar-refractivity contribution in [1.29, 1.82) is 0 Å². The van der Waals surface area contributed by atoms with Crippen molar-refractivity contribution in [3.05, 3.63) is 42.1 Å². The van der Waals surface area contributed by atoms with Crippen molar-refractivity contribution in [2.24, 2.45) is 11.7 Å². The van der Waals surface area contributed by atoms with Crippen LogP contribution in [0.1, 0.15) is 12.8 Å². The van der Waals surface area contributed by atoms with E-state index in [0.29, 0.717) is 17.4 Å². The van der Waals surface area contributed by atoms with Gasteiger partial charge in [-0.15, -0.1) is 0 Å². The third-order valence-corrected chi connectivity index (χ3v) is 2.53. The maximum absolute atomic E-state index is 11.4. The van der Waals surface area contributed by atoms with Crippen LogP contribution in [0.3, 0.4) is 0 Å². The Morgan fingerprint density at radius 1 is 1.28 bits per heavy atom. The molecular weight excluding hydrogens is 232 g/mol. The molecule has 2 amide bonds. The van der Waals surface area contributed by atoms with Crippen LogP contribution in [0.4, 0.5) is 4.79 Å². The van der Waals surface area contributed by atoms with Gasteiger partial charge in [-0.1, -0.05) is 18.2 Å². The molecule has 1 fully saturated rings. The molecule has 0 unspecified atom stereocenters. The zero-order valence-corrected chi connectivity index (χ0v) is 9.76. The van der Waals surface area contributed by atoms with Crippen LogP contribution in [0.15, 0.2) is 42.1 Å². The highest BCUT2D eigenvalue weighted by Crippen LogP contribution is 2.33. The minimum Gasteiger partial charge on any atom is -0.410 e. The number of amides is 2. The largest absolute Gasteiger partial charge is 0.419 e. The molecule has 5 heteroatoms. The van der Waals surface area contributed by atoms with Crippen LogP contribution in [-0.2, 0) is 4.79 Å². The van der Waals surface area contributed by atoms with Crippen molar-refractivity contribution in [3.8, 4) is 5.75 Å². The van der Waals surface area contributed by atoms with Gasteiger partial charge in [-0.3, -0.25) is 10.1 Å². The molecule has 0 heterocycles. The smallest absolute Gasteiger partial charge is 0.410 e. The topological polar surface area (TPSA) is 81.4 Å². The van der Waals surface area contributed by atoms with E-state index >= 15 is 0 Å². The third kappa shape index (κ3) is 3.62. The van der Waals surface area contributed by atoms with Crippen LogP contribution in [0, 0.1) is 5.92 Å². The molecule has 3 N–H and O–H groups in total. The van der Waals surface area contributed by atoms with Crippen LogP contribution in [0.25, 0.3) is 0 Å². The van der Waals surface area contributed by atoms with Crippen molar-refractivity contribution in [1.82, 2.24) is 5.32 Å². The predicted molar refractivity (Wildman–Crippen MR) is 65.6 cm³/mol. The highest BCUT2D eigenvalue weighted by Gasteiger charge is 2.24. The Morgan fingerprint density at radius 2 is 1.94 bits per heavy atom. The molecule has 94 valence electrons. The summed E-state index contributed by atoms with van der Waals surface area (Å²) in [5, 5.41) is 2.09. The van der Waals surface area contributed by atoms with Crippen molar-refractivity contribution in [2.75, 3.05) is 0 Å². The summed E-state index contributed by atoms with van der Waals surface area (Å²) in [7, 11) is 0. The molecule has 2 rings (SSSR count). The van der Waals surface area contributed by atoms with Crippen molar-refractivity contribution >= 4 is 12.0 Å². The summed E-state index contributed by atoms with van der Waals surface area (Å²) in [4.78, 5) is 22.8. The molecule has 0 aromatic heterocycles. The van der Waals surface area contributed by atoms with Gasteiger partial charge in [0.2, 0.25) is 0 Å². The maximum atomic E-state index is 11.4. The molecule has 1 aliphatic rings. The molecular formula is C13H14N2O3. The number of rotatable bonds is 3. The number of benzene rings is 1. The van der Waals surface area contributed by atoms with Gasteiger partial charge in [-0.05, 0) is 30.9 Å². The summed E-state index contributed by atoms with van der Waals surface area (Å²) in [6.45, 7) is 0. The SMILES string of the molecule is NC(=CC(=O)NC(=O)Oc1ccccc1)C1CC1. The Bertz CT molecular complexity index is 478. The van der Waals surface area contributed by atoms with Crippen LogP contribution in [-0.4, -0.2) is 12.0 Å². The first-order valence-corrected chi connectivity index (χ1v) is 5.70. The van der Waals surface area contributed by atoms with Crippen molar-refractivity contribution < 1.29 is 14.3 Å². The summed E-state index contributed by atoms with van der Waals surface area (Å²) < 4.78 is 4.90. The van der Waals surface area contributed by atoms with Gasteiger partial charge in [0.15, 0.2) is 0 Å². The number of nitrogens with two attached hydrogens (primary N) is 1. The van der Waals surface area contributed by atoms with Crippen LogP contribution < -0.4 is 15.8 Å². The fraction of sp³-hybridized carbons (Fsp3) is 0.231. The number of imide groups is 1. The zero-order chi connectivity index (χ0) is 13.0. The first-order valence-electron chi connectivity index (χ1n) is 5.70. The standard InChI is InChI=1S/C13H14N2O3/c14-11(9-6-7-9)8-12(16)15-13(17)18-10-4-2-1-3-5-10/h1-5,8-9H,6-7,14H2,(H,15,16,17). The number of carbonyl (C=O) groups is 2. The maximum Gasteiger partial charge on any atom is 0.419 e. The number of nitrogens with one attached hydrogen (secondary N) is 1. The number of allylic oxidation sites excluding steroid dienone is 1. The summed E-state index contributed by atoms with van der Waals surface area (Å²) >= 11 is 0. The van der Waals surface area contributed by atoms with Gasteiger partial charge >= 0.3 is 6.09 Å². The Hall–Kier alpha value is -2.30. The monoisotopic (exact) mass is 246 g/mol. The number of ether oxygens (including phenoxy) is 1. The number of hydrogen-bond donors (Lipinski definition) is 2. The minimum absolute atomic E-state index is 0.292. The van der Waals surface area contributed by atoms with E-state index in [1.165, 1.54) is 6.08 Å². The van der Waals surface area contributed by atoms with Crippen molar-refractivity contribution in [3.63, 3.8) is 0 Å². The second-order valence-electron chi connectivity index (χ2n) is 4.11. The lowest BCUT2D eigenvalue weighted by Crippen LogP contribution is -2.32. The van der Waals surface area contributed by atoms with Gasteiger partial charge in [-0.2, -0.15) is 0 Å². The third-order valence-electron chi connectivity index (χ3n) is 2.53. The molecule has 0 atom stereocenters. The van der Waals surface area contributed by atoms with Crippen LogP contribution in [0.5, 0.6) is 5.75 Å². The fourth-order valence-corrected chi connectivity index (χ4v) is 1.44. The lowest BCUT2D eigenvalue weighted by atomic mass is 10.3. The molecule has 1 aliphatic carbocycles. The van der Waals surface area contributed by atoms with Crippen LogP contribution >= 0.6 is 0 Å². The van der Waals surface area contributed by atoms with Gasteiger partial charge in [-0.25, -0.2) is 4.79 Å². The number of carbonyl (C=O) groups excluding carboxylic acids is 2. The first-order chi connectivity index (χ1) is 8.65. The van der Waals surface area contributed by atoms with E-state index in [1.807, 2.05) is 0 Å². The molecule has 0 radical (unpaired) electrons. The summed E-state index contributed by atoms with van der Waals surface area (Å²) in [6, 6.07) is 8.51. The Balaban J connectivity index is 1.84. The number of para-hydroxylation sites is 1. The van der Waals surface area contributed by atoms with Gasteiger partial charge in [0, 0.05) is 11.8 Å². The molecule has 1 aromatic rings. The molecule has 0 bridgehead atoms. The average molecular weight is 246 g/mol. The van der Waals surface area contributed by atoms with E-state index in [2.05, 4.69) is 5.32 Å². The Morgan fingerprint density at radius 3 is 2.56 bits per heavy atom. The molecule has 18 heavy (non-hydrogen) atoms. The molecule has 1 saturated carbocycles. The summed E-state index contributed by atoms with van der Waals surface area (Å²) in [5.74, 6) is 0.114. The number of hydrogen-bond acceptors (Lipinski definition) is 4. The van der Waals surface area contributed by atoms with Crippen LogP contribution in [0.2, 0.25) is 0 Å². The second-order valence-corrected chi connectivity index (χ2v) is 4.11. The lowest BCUT2D eigenvalue weighted by Gasteiger charge is -2.04. The van der Waals surface area contributed by atoms with E-state index in [-0.39, 0.29) is 0 Å². The van der Waals surface area contributed by atoms with Crippen molar-refractivity contribution in [2.45, 2.75) is 12.8 Å². The molecule has 0 spiro atoms. The first kappa shape index (κ1) is 12.2. The Kier molecular flexibility index (Phi) is 3.62. The highest BCUT2D eigenvalue weighted by atomic mass is 16.6. The van der Waals surface area contributed by atoms with E-state index in [4.69, 9.17) is 10.5 Å². The van der Waals surface area contributed by atoms with E-state index in [9.17, 15) is 9.59 Å². The second kappa shape index (κ2) is 5.35. The highest BCUT2D eigenvalue weighted by molar-refractivity contribution is 5.99. The molecule has 0 aliphatic heterocycles. The van der Waals surface area contributed by atoms with E-state index in [0.717, 1.165) is 12.8 Å². The van der Waals surface area contributed by atoms with Gasteiger partial charge in [0.25, 0.3) is 5.91 Å².